The molecule has 2 N–H and O–H groups in total. The molecular formula is C18H26N2O2S. The molecule has 3 aliphatic rings. The molecule has 4 rings (SSSR count). The fourth-order valence-corrected chi connectivity index (χ4v) is 6.28. The van der Waals surface area contributed by atoms with Gasteiger partial charge in [0.1, 0.15) is 0 Å². The number of rotatable bonds is 2. The van der Waals surface area contributed by atoms with Crippen molar-refractivity contribution in [2.45, 2.75) is 55.9 Å². The van der Waals surface area contributed by atoms with Crippen LogP contribution in [0.3, 0.4) is 0 Å². The Kier molecular flexibility index (Phi) is 3.98. The zero-order valence-corrected chi connectivity index (χ0v) is 14.4. The Labute approximate surface area is 139 Å². The number of nitrogens with zero attached hydrogens (tertiary/aromatic N) is 1. The topological polar surface area (TPSA) is 63.4 Å². The molecule has 1 aromatic rings. The van der Waals surface area contributed by atoms with Gasteiger partial charge in [-0.15, -0.1) is 0 Å². The third kappa shape index (κ3) is 2.73. The summed E-state index contributed by atoms with van der Waals surface area (Å²) in [4.78, 5) is 0.477. The molecule has 3 atom stereocenters. The lowest BCUT2D eigenvalue weighted by molar-refractivity contribution is 0.260. The van der Waals surface area contributed by atoms with E-state index in [0.29, 0.717) is 29.8 Å². The van der Waals surface area contributed by atoms with Gasteiger partial charge in [0.2, 0.25) is 10.0 Å². The maximum absolute atomic E-state index is 13.1. The summed E-state index contributed by atoms with van der Waals surface area (Å²) in [6.07, 6.45) is 7.76. The van der Waals surface area contributed by atoms with E-state index >= 15 is 0 Å². The molecule has 0 spiro atoms. The molecule has 0 aromatic heterocycles. The number of hydrogen-bond donors (Lipinski definition) is 1. The molecule has 2 fully saturated rings. The Hall–Kier alpha value is -0.910. The zero-order chi connectivity index (χ0) is 16.0. The Bertz CT molecular complexity index is 701. The second-order valence-electron chi connectivity index (χ2n) is 7.48. The van der Waals surface area contributed by atoms with E-state index in [0.717, 1.165) is 32.1 Å². The van der Waals surface area contributed by atoms with E-state index in [4.69, 9.17) is 5.73 Å². The zero-order valence-electron chi connectivity index (χ0n) is 13.6. The molecule has 1 aliphatic heterocycles. The van der Waals surface area contributed by atoms with Gasteiger partial charge in [-0.3, -0.25) is 0 Å². The molecule has 5 heteroatoms. The first-order valence-electron chi connectivity index (χ1n) is 8.93. The van der Waals surface area contributed by atoms with Gasteiger partial charge >= 0.3 is 0 Å². The van der Waals surface area contributed by atoms with E-state index in [2.05, 4.69) is 0 Å². The van der Waals surface area contributed by atoms with Crippen molar-refractivity contribution in [1.29, 1.82) is 0 Å². The van der Waals surface area contributed by atoms with Crippen LogP contribution in [0.15, 0.2) is 23.1 Å². The van der Waals surface area contributed by atoms with Crippen molar-refractivity contribution in [3.8, 4) is 0 Å². The lowest BCUT2D eigenvalue weighted by atomic mass is 9.78. The van der Waals surface area contributed by atoms with Crippen molar-refractivity contribution < 1.29 is 8.42 Å². The average Bonchev–Trinajstić information content (AvgIpc) is 3.01. The Morgan fingerprint density at radius 1 is 1.00 bits per heavy atom. The Balaban J connectivity index is 1.61. The molecule has 2 aliphatic carbocycles. The van der Waals surface area contributed by atoms with Gasteiger partial charge in [0.05, 0.1) is 4.90 Å². The third-order valence-corrected chi connectivity index (χ3v) is 7.91. The monoisotopic (exact) mass is 334 g/mol. The van der Waals surface area contributed by atoms with Crippen LogP contribution < -0.4 is 5.73 Å². The van der Waals surface area contributed by atoms with Crippen LogP contribution in [0.2, 0.25) is 0 Å². The summed E-state index contributed by atoms with van der Waals surface area (Å²) in [7, 11) is -3.38. The van der Waals surface area contributed by atoms with E-state index < -0.39 is 10.0 Å². The minimum absolute atomic E-state index is 0.164. The molecule has 3 unspecified atom stereocenters. The molecule has 1 saturated carbocycles. The normalized spacial score (nSPS) is 31.6. The van der Waals surface area contributed by atoms with Crippen LogP contribution in [0.25, 0.3) is 0 Å². The molecule has 1 heterocycles. The van der Waals surface area contributed by atoms with Crippen LogP contribution in [-0.2, 0) is 22.9 Å². The minimum atomic E-state index is -3.38. The molecule has 1 saturated heterocycles. The second kappa shape index (κ2) is 5.87. The number of nitrogens with two attached hydrogens (primary N) is 1. The van der Waals surface area contributed by atoms with Crippen LogP contribution in [0.4, 0.5) is 0 Å². The first-order valence-corrected chi connectivity index (χ1v) is 10.4. The third-order valence-electron chi connectivity index (χ3n) is 6.08. The number of fused-ring (bicyclic) bond motifs is 2. The van der Waals surface area contributed by atoms with Gasteiger partial charge in [-0.2, -0.15) is 4.31 Å². The first kappa shape index (κ1) is 15.6. The maximum atomic E-state index is 13.1. The van der Waals surface area contributed by atoms with Gasteiger partial charge in [-0.25, -0.2) is 8.42 Å². The molecule has 1 aromatic carbocycles. The molecule has 0 amide bonds. The van der Waals surface area contributed by atoms with E-state index in [1.807, 2.05) is 12.1 Å². The smallest absolute Gasteiger partial charge is 0.243 e. The maximum Gasteiger partial charge on any atom is 0.243 e. The minimum Gasteiger partial charge on any atom is -0.327 e. The van der Waals surface area contributed by atoms with Gasteiger partial charge in [-0.1, -0.05) is 12.5 Å². The molecule has 0 bridgehead atoms. The standard InChI is InChI=1S/C18H26N2O2S/c19-18-7-3-6-15-11-20(12-17(15)18)23(21,22)16-9-8-13-4-1-2-5-14(13)10-16/h8-10,15,17-18H,1-7,11-12,19H2. The number of sulfonamides is 1. The molecule has 4 nitrogen and oxygen atoms in total. The second-order valence-corrected chi connectivity index (χ2v) is 9.42. The molecule has 0 radical (unpaired) electrons. The molecular weight excluding hydrogens is 308 g/mol. The highest BCUT2D eigenvalue weighted by atomic mass is 32.2. The number of aryl methyl sites for hydroxylation is 2. The highest BCUT2D eigenvalue weighted by Crippen LogP contribution is 2.38. The van der Waals surface area contributed by atoms with Crippen molar-refractivity contribution >= 4 is 10.0 Å². The average molecular weight is 334 g/mol. The van der Waals surface area contributed by atoms with Crippen LogP contribution in [0.5, 0.6) is 0 Å². The van der Waals surface area contributed by atoms with Crippen LogP contribution in [0.1, 0.15) is 43.2 Å². The fourth-order valence-electron chi connectivity index (χ4n) is 4.69. The molecule has 23 heavy (non-hydrogen) atoms. The van der Waals surface area contributed by atoms with Gasteiger partial charge in [0.25, 0.3) is 0 Å². The highest BCUT2D eigenvalue weighted by molar-refractivity contribution is 7.89. The fraction of sp³-hybridized carbons (Fsp3) is 0.667. The summed E-state index contributed by atoms with van der Waals surface area (Å²) in [5.74, 6) is 0.794. The highest BCUT2D eigenvalue weighted by Gasteiger charge is 2.43. The lowest BCUT2D eigenvalue weighted by Crippen LogP contribution is -2.38. The molecule has 126 valence electrons. The first-order chi connectivity index (χ1) is 11.1. The van der Waals surface area contributed by atoms with Gasteiger partial charge < -0.3 is 5.73 Å². The van der Waals surface area contributed by atoms with Crippen molar-refractivity contribution in [1.82, 2.24) is 4.31 Å². The van der Waals surface area contributed by atoms with E-state index in [9.17, 15) is 8.42 Å². The van der Waals surface area contributed by atoms with Crippen molar-refractivity contribution in [3.63, 3.8) is 0 Å². The predicted octanol–water partition coefficient (Wildman–Crippen LogP) is 2.31. The van der Waals surface area contributed by atoms with Crippen molar-refractivity contribution in [2.75, 3.05) is 13.1 Å². The summed E-state index contributed by atoms with van der Waals surface area (Å²) in [6.45, 7) is 1.25. The summed E-state index contributed by atoms with van der Waals surface area (Å²) in [5.41, 5.74) is 8.79. The summed E-state index contributed by atoms with van der Waals surface area (Å²) in [6, 6.07) is 5.92. The summed E-state index contributed by atoms with van der Waals surface area (Å²) < 4.78 is 27.8. The van der Waals surface area contributed by atoms with E-state index in [-0.39, 0.29) is 6.04 Å². The number of benzene rings is 1. The van der Waals surface area contributed by atoms with E-state index in [1.54, 1.807) is 10.4 Å². The largest absolute Gasteiger partial charge is 0.327 e. The Morgan fingerprint density at radius 2 is 1.78 bits per heavy atom. The van der Waals surface area contributed by atoms with Crippen LogP contribution >= 0.6 is 0 Å². The van der Waals surface area contributed by atoms with Crippen molar-refractivity contribution in [3.05, 3.63) is 29.3 Å². The summed E-state index contributed by atoms with van der Waals surface area (Å²) >= 11 is 0. The SMILES string of the molecule is NC1CCCC2CN(S(=O)(=O)c3ccc4c(c3)CCCC4)CC12. The van der Waals surface area contributed by atoms with Gasteiger partial charge in [0.15, 0.2) is 0 Å². The number of hydrogen-bond acceptors (Lipinski definition) is 3. The Morgan fingerprint density at radius 3 is 2.57 bits per heavy atom. The van der Waals surface area contributed by atoms with Crippen LogP contribution in [-0.4, -0.2) is 31.9 Å². The van der Waals surface area contributed by atoms with Gasteiger partial charge in [0, 0.05) is 19.1 Å². The van der Waals surface area contributed by atoms with Crippen molar-refractivity contribution in [2.24, 2.45) is 17.6 Å². The summed E-state index contributed by atoms with van der Waals surface area (Å²) in [5, 5.41) is 0. The lowest BCUT2D eigenvalue weighted by Gasteiger charge is -2.29. The van der Waals surface area contributed by atoms with E-state index in [1.165, 1.54) is 24.0 Å². The predicted molar refractivity (Wildman–Crippen MR) is 90.6 cm³/mol. The quantitative estimate of drug-likeness (QED) is 0.903. The van der Waals surface area contributed by atoms with Gasteiger partial charge in [-0.05, 0) is 73.6 Å². The van der Waals surface area contributed by atoms with Crippen LogP contribution in [0, 0.1) is 11.8 Å².